The number of hydrogen-bond acceptors (Lipinski definition) is 3. The van der Waals surface area contributed by atoms with Crippen LogP contribution < -0.4 is 48.0 Å². The van der Waals surface area contributed by atoms with Crippen LogP contribution in [0, 0.1) is 0 Å². The second-order valence-electron chi connectivity index (χ2n) is 6.86. The molecule has 0 aliphatic carbocycles. The highest BCUT2D eigenvalue weighted by atomic mass is 127. The molecule has 0 aromatic carbocycles. The van der Waals surface area contributed by atoms with Crippen molar-refractivity contribution in [2.45, 2.75) is 41.5 Å². The van der Waals surface area contributed by atoms with E-state index < -0.39 is 0 Å². The van der Waals surface area contributed by atoms with Gasteiger partial charge in [-0.2, -0.15) is 0 Å². The first-order chi connectivity index (χ1) is 12.1. The molecule has 0 amide bonds. The van der Waals surface area contributed by atoms with E-state index in [1.807, 2.05) is 0 Å². The van der Waals surface area contributed by atoms with Gasteiger partial charge >= 0.3 is 0 Å². The molecule has 0 saturated heterocycles. The minimum absolute atomic E-state index is 0. The molecule has 0 radical (unpaired) electrons. The first-order valence-electron chi connectivity index (χ1n) is 10.5. The third kappa shape index (κ3) is 14.0. The number of nitrogens with zero attached hydrogens (tertiary/aromatic N) is 2. The van der Waals surface area contributed by atoms with Gasteiger partial charge in [-0.3, -0.25) is 0 Å². The molecule has 0 unspecified atom stereocenters. The maximum Gasteiger partial charge on any atom is 0.102 e. The van der Waals surface area contributed by atoms with E-state index in [9.17, 15) is 0 Å². The van der Waals surface area contributed by atoms with Crippen LogP contribution in [-0.2, 0) is 14.2 Å². The van der Waals surface area contributed by atoms with Gasteiger partial charge in [0.1, 0.15) is 13.1 Å². The third-order valence-corrected chi connectivity index (χ3v) is 6.19. The van der Waals surface area contributed by atoms with Crippen molar-refractivity contribution >= 4 is 0 Å². The highest BCUT2D eigenvalue weighted by Gasteiger charge is 2.20. The quantitative estimate of drug-likeness (QED) is 0.0924. The summed E-state index contributed by atoms with van der Waals surface area (Å²) in [5, 5.41) is 0. The van der Waals surface area contributed by atoms with E-state index in [1.165, 1.54) is 39.3 Å². The Bertz CT molecular complexity index is 258. The summed E-state index contributed by atoms with van der Waals surface area (Å²) < 4.78 is 19.3. The molecular formula is C20H46I2N2O3. The average Bonchev–Trinajstić information content (AvgIpc) is 2.67. The van der Waals surface area contributed by atoms with Crippen LogP contribution in [0.4, 0.5) is 0 Å². The molecule has 0 aliphatic rings. The molecule has 0 saturated carbocycles. The van der Waals surface area contributed by atoms with Crippen LogP contribution in [0.5, 0.6) is 0 Å². The Labute approximate surface area is 203 Å². The van der Waals surface area contributed by atoms with Crippen LogP contribution in [0.2, 0.25) is 0 Å². The van der Waals surface area contributed by atoms with Crippen molar-refractivity contribution in [3.05, 3.63) is 0 Å². The van der Waals surface area contributed by atoms with Gasteiger partial charge in [0.15, 0.2) is 0 Å². The fourth-order valence-electron chi connectivity index (χ4n) is 3.35. The lowest BCUT2D eigenvalue weighted by molar-refractivity contribution is -0.923. The molecule has 0 bridgehead atoms. The van der Waals surface area contributed by atoms with Crippen molar-refractivity contribution in [2.75, 3.05) is 92.0 Å². The van der Waals surface area contributed by atoms with Gasteiger partial charge in [-0.25, -0.2) is 0 Å². The molecule has 0 aromatic heterocycles. The highest BCUT2D eigenvalue weighted by molar-refractivity contribution is 4.41. The Balaban J connectivity index is -0.00000288. The van der Waals surface area contributed by atoms with E-state index >= 15 is 0 Å². The van der Waals surface area contributed by atoms with Crippen LogP contribution in [0.1, 0.15) is 41.5 Å². The summed E-state index contributed by atoms with van der Waals surface area (Å²) in [4.78, 5) is 0. The maximum absolute atomic E-state index is 5.73. The first-order valence-corrected chi connectivity index (χ1v) is 10.5. The Hall–Kier alpha value is 1.26. The summed E-state index contributed by atoms with van der Waals surface area (Å²) in [6.45, 7) is 27.2. The minimum Gasteiger partial charge on any atom is -1.00 e. The molecule has 0 heterocycles. The van der Waals surface area contributed by atoms with E-state index in [0.717, 1.165) is 35.3 Å². The third-order valence-electron chi connectivity index (χ3n) is 6.19. The van der Waals surface area contributed by atoms with Crippen LogP contribution in [-0.4, -0.2) is 101 Å². The summed E-state index contributed by atoms with van der Waals surface area (Å²) >= 11 is 0. The van der Waals surface area contributed by atoms with Crippen LogP contribution in [0.3, 0.4) is 0 Å². The Morgan fingerprint density at radius 3 is 0.852 bits per heavy atom. The predicted octanol–water partition coefficient (Wildman–Crippen LogP) is -3.20. The molecular weight excluding hydrogens is 570 g/mol. The normalized spacial score (nSPS) is 11.8. The van der Waals surface area contributed by atoms with Crippen LogP contribution in [0.15, 0.2) is 0 Å². The first kappa shape index (κ1) is 32.9. The molecule has 0 atom stereocenters. The van der Waals surface area contributed by atoms with E-state index in [1.54, 1.807) is 0 Å². The Morgan fingerprint density at radius 2 is 0.630 bits per heavy atom. The molecule has 168 valence electrons. The maximum atomic E-state index is 5.73. The van der Waals surface area contributed by atoms with Gasteiger partial charge in [0.25, 0.3) is 0 Å². The predicted molar refractivity (Wildman–Crippen MR) is 106 cm³/mol. The van der Waals surface area contributed by atoms with Crippen molar-refractivity contribution in [1.82, 2.24) is 0 Å². The summed E-state index contributed by atoms with van der Waals surface area (Å²) in [6, 6.07) is 0. The smallest absolute Gasteiger partial charge is 0.102 e. The van der Waals surface area contributed by atoms with E-state index in [0.29, 0.717) is 26.4 Å². The number of halogens is 2. The minimum atomic E-state index is 0. The summed E-state index contributed by atoms with van der Waals surface area (Å²) in [7, 11) is 0. The number of ether oxygens (including phenoxy) is 3. The molecule has 27 heavy (non-hydrogen) atoms. The average molecular weight is 616 g/mol. The van der Waals surface area contributed by atoms with Gasteiger partial charge in [0.05, 0.1) is 78.9 Å². The zero-order valence-electron chi connectivity index (χ0n) is 18.8. The monoisotopic (exact) mass is 616 g/mol. The van der Waals surface area contributed by atoms with Crippen LogP contribution >= 0.6 is 0 Å². The lowest BCUT2D eigenvalue weighted by Gasteiger charge is -2.35. The lowest BCUT2D eigenvalue weighted by Crippen LogP contribution is -3.00. The molecule has 0 N–H and O–H groups in total. The standard InChI is InChI=1S/C20H46N2O3.2HI/c1-7-21(8-2,9-3)13-15-23-17-19-25-20-18-24-16-14-22(10-4,11-5)12-6;;/h7-20H2,1-6H3;2*1H/q+2;;/p-2. The Kier molecular flexibility index (Phi) is 25.0. The zero-order chi connectivity index (χ0) is 19.0. The Morgan fingerprint density at radius 1 is 0.407 bits per heavy atom. The molecule has 0 aromatic rings. The number of likely N-dealkylation sites (N-methyl/N-ethyl adjacent to an activating group) is 2. The fraction of sp³-hybridized carbons (Fsp3) is 1.00. The highest BCUT2D eigenvalue weighted by Crippen LogP contribution is 2.05. The second-order valence-corrected chi connectivity index (χ2v) is 6.86. The van der Waals surface area contributed by atoms with Crippen molar-refractivity contribution < 1.29 is 71.1 Å². The van der Waals surface area contributed by atoms with Gasteiger partial charge in [0.2, 0.25) is 0 Å². The van der Waals surface area contributed by atoms with E-state index in [4.69, 9.17) is 14.2 Å². The van der Waals surface area contributed by atoms with Crippen LogP contribution in [0.25, 0.3) is 0 Å². The van der Waals surface area contributed by atoms with Gasteiger partial charge in [-0.1, -0.05) is 0 Å². The molecule has 0 aliphatic heterocycles. The van der Waals surface area contributed by atoms with Gasteiger partial charge in [0, 0.05) is 0 Å². The molecule has 0 fully saturated rings. The van der Waals surface area contributed by atoms with Gasteiger partial charge < -0.3 is 71.1 Å². The largest absolute Gasteiger partial charge is 1.00 e. The molecule has 0 rings (SSSR count). The number of quaternary nitrogens is 2. The SMILES string of the molecule is CC[N+](CC)(CC)CCOCCOCCOCC[N+](CC)(CC)CC.[I-].[I-]. The fourth-order valence-corrected chi connectivity index (χ4v) is 3.35. The van der Waals surface area contributed by atoms with E-state index in [2.05, 4.69) is 41.5 Å². The van der Waals surface area contributed by atoms with Crippen molar-refractivity contribution in [2.24, 2.45) is 0 Å². The topological polar surface area (TPSA) is 27.7 Å². The lowest BCUT2D eigenvalue weighted by atomic mass is 10.3. The van der Waals surface area contributed by atoms with Crippen molar-refractivity contribution in [3.8, 4) is 0 Å². The second kappa shape index (κ2) is 20.5. The van der Waals surface area contributed by atoms with Crippen molar-refractivity contribution in [1.29, 1.82) is 0 Å². The summed E-state index contributed by atoms with van der Waals surface area (Å²) in [6.07, 6.45) is 0. The van der Waals surface area contributed by atoms with Crippen molar-refractivity contribution in [3.63, 3.8) is 0 Å². The molecule has 5 nitrogen and oxygen atoms in total. The molecule has 7 heteroatoms. The number of rotatable bonds is 18. The molecule has 0 spiro atoms. The summed E-state index contributed by atoms with van der Waals surface area (Å²) in [5.74, 6) is 0. The van der Waals surface area contributed by atoms with Gasteiger partial charge in [-0.05, 0) is 41.5 Å². The van der Waals surface area contributed by atoms with E-state index in [-0.39, 0.29) is 48.0 Å². The summed E-state index contributed by atoms with van der Waals surface area (Å²) in [5.41, 5.74) is 0. The zero-order valence-corrected chi connectivity index (χ0v) is 23.1. The number of hydrogen-bond donors (Lipinski definition) is 0. The van der Waals surface area contributed by atoms with Gasteiger partial charge in [-0.15, -0.1) is 0 Å².